The first kappa shape index (κ1) is 22.6. The molecule has 176 valence electrons. The molecule has 0 saturated heterocycles. The number of nitrogens with zero attached hydrogens (tertiary/aromatic N) is 3. The third-order valence-corrected chi connectivity index (χ3v) is 6.55. The van der Waals surface area contributed by atoms with E-state index in [1.807, 2.05) is 103 Å². The van der Waals surface area contributed by atoms with Crippen molar-refractivity contribution in [2.24, 2.45) is 0 Å². The zero-order valence-corrected chi connectivity index (χ0v) is 19.8. The lowest BCUT2D eigenvalue weighted by atomic mass is 9.89. The van der Waals surface area contributed by atoms with Crippen molar-refractivity contribution in [3.05, 3.63) is 103 Å². The lowest BCUT2D eigenvalue weighted by Gasteiger charge is -2.43. The van der Waals surface area contributed by atoms with Crippen molar-refractivity contribution in [1.29, 1.82) is 0 Å². The molecule has 2 atom stereocenters. The van der Waals surface area contributed by atoms with E-state index in [2.05, 4.69) is 4.98 Å². The monoisotopic (exact) mass is 465 g/mol. The van der Waals surface area contributed by atoms with E-state index in [4.69, 9.17) is 4.42 Å². The molecule has 0 spiro atoms. The number of amides is 2. The number of para-hydroxylation sites is 2. The molecule has 4 aromatic rings. The first-order valence-corrected chi connectivity index (χ1v) is 11.9. The van der Waals surface area contributed by atoms with E-state index in [1.54, 1.807) is 6.20 Å². The van der Waals surface area contributed by atoms with Gasteiger partial charge in [0.25, 0.3) is 5.91 Å². The van der Waals surface area contributed by atoms with Crippen LogP contribution >= 0.6 is 0 Å². The summed E-state index contributed by atoms with van der Waals surface area (Å²) >= 11 is 0. The molecule has 0 unspecified atom stereocenters. The summed E-state index contributed by atoms with van der Waals surface area (Å²) in [5, 5.41) is 0. The zero-order chi connectivity index (χ0) is 24.4. The van der Waals surface area contributed by atoms with Crippen molar-refractivity contribution in [3.8, 4) is 11.3 Å². The summed E-state index contributed by atoms with van der Waals surface area (Å²) in [5.74, 6) is 0.650. The molecule has 0 fully saturated rings. The van der Waals surface area contributed by atoms with Crippen molar-refractivity contribution < 1.29 is 14.0 Å². The summed E-state index contributed by atoms with van der Waals surface area (Å²) in [6.07, 6.45) is 4.08. The van der Waals surface area contributed by atoms with E-state index in [0.717, 1.165) is 22.5 Å². The molecule has 0 N–H and O–H groups in total. The van der Waals surface area contributed by atoms with Crippen LogP contribution in [0.3, 0.4) is 0 Å². The highest BCUT2D eigenvalue weighted by Gasteiger charge is 2.38. The van der Waals surface area contributed by atoms with E-state index in [-0.39, 0.29) is 23.9 Å². The van der Waals surface area contributed by atoms with E-state index in [0.29, 0.717) is 24.2 Å². The van der Waals surface area contributed by atoms with Gasteiger partial charge < -0.3 is 14.2 Å². The number of aromatic nitrogens is 1. The highest BCUT2D eigenvalue weighted by molar-refractivity contribution is 6.07. The number of hydrogen-bond acceptors (Lipinski definition) is 4. The maximum Gasteiger partial charge on any atom is 0.258 e. The second kappa shape index (κ2) is 9.58. The molecule has 35 heavy (non-hydrogen) atoms. The van der Waals surface area contributed by atoms with Crippen molar-refractivity contribution in [3.63, 3.8) is 0 Å². The average molecular weight is 466 g/mol. The smallest absolute Gasteiger partial charge is 0.258 e. The first-order valence-electron chi connectivity index (χ1n) is 11.9. The summed E-state index contributed by atoms with van der Waals surface area (Å²) in [5.41, 5.74) is 4.14. The Morgan fingerprint density at radius 2 is 1.71 bits per heavy atom. The number of rotatable bonds is 5. The van der Waals surface area contributed by atoms with Gasteiger partial charge in [-0.2, -0.15) is 0 Å². The lowest BCUT2D eigenvalue weighted by Crippen LogP contribution is -2.47. The van der Waals surface area contributed by atoms with E-state index in [9.17, 15) is 9.59 Å². The van der Waals surface area contributed by atoms with Crippen molar-refractivity contribution in [1.82, 2.24) is 4.98 Å². The van der Waals surface area contributed by atoms with Gasteiger partial charge in [0.2, 0.25) is 5.91 Å². The molecule has 1 aromatic heterocycles. The van der Waals surface area contributed by atoms with Crippen LogP contribution in [0.2, 0.25) is 0 Å². The minimum Gasteiger partial charge on any atom is -0.444 e. The minimum absolute atomic E-state index is 0.0611. The van der Waals surface area contributed by atoms with Crippen LogP contribution in [0.15, 0.2) is 95.9 Å². The quantitative estimate of drug-likeness (QED) is 0.349. The Morgan fingerprint density at radius 1 is 1.00 bits per heavy atom. The largest absolute Gasteiger partial charge is 0.444 e. The van der Waals surface area contributed by atoms with E-state index < -0.39 is 0 Å². The fourth-order valence-electron chi connectivity index (χ4n) is 4.87. The van der Waals surface area contributed by atoms with Crippen molar-refractivity contribution >= 4 is 23.2 Å². The standard InChI is InChI=1S/C29H27N3O3/c1-3-28(33)32(23-9-5-4-6-10-23)26-17-20(2)31(25-12-8-7-11-24(25)26)29(34)22-15-13-21(14-16-22)27-18-30-19-35-27/h4-16,18-20,26H,3,17H2,1-2H3/t20-,26+/m1/s1. The van der Waals surface area contributed by atoms with Gasteiger partial charge in [-0.3, -0.25) is 9.59 Å². The Morgan fingerprint density at radius 3 is 2.40 bits per heavy atom. The maximum absolute atomic E-state index is 13.7. The molecule has 1 aliphatic rings. The fraction of sp³-hybridized carbons (Fsp3) is 0.207. The Hall–Kier alpha value is -4.19. The topological polar surface area (TPSA) is 66.7 Å². The predicted octanol–water partition coefficient (Wildman–Crippen LogP) is 6.26. The number of oxazole rings is 1. The van der Waals surface area contributed by atoms with Gasteiger partial charge in [-0.1, -0.05) is 55.5 Å². The Bertz CT molecular complexity index is 1320. The predicted molar refractivity (Wildman–Crippen MR) is 136 cm³/mol. The summed E-state index contributed by atoms with van der Waals surface area (Å²) in [7, 11) is 0. The molecule has 0 radical (unpaired) electrons. The molecule has 0 aliphatic carbocycles. The number of benzene rings is 3. The number of anilines is 2. The van der Waals surface area contributed by atoms with Gasteiger partial charge in [0.15, 0.2) is 12.2 Å². The molecule has 6 nitrogen and oxygen atoms in total. The van der Waals surface area contributed by atoms with Crippen LogP contribution in [0, 0.1) is 0 Å². The number of carbonyl (C=O) groups is 2. The van der Waals surface area contributed by atoms with Crippen LogP contribution in [0.1, 0.15) is 48.7 Å². The van der Waals surface area contributed by atoms with E-state index in [1.165, 1.54) is 6.39 Å². The van der Waals surface area contributed by atoms with Crippen LogP contribution < -0.4 is 9.80 Å². The molecule has 0 saturated carbocycles. The lowest BCUT2D eigenvalue weighted by molar-refractivity contribution is -0.118. The molecule has 2 amide bonds. The number of fused-ring (bicyclic) bond motifs is 1. The molecule has 3 aromatic carbocycles. The van der Waals surface area contributed by atoms with Gasteiger partial charge in [0.1, 0.15) is 0 Å². The highest BCUT2D eigenvalue weighted by Crippen LogP contribution is 2.43. The third-order valence-electron chi connectivity index (χ3n) is 6.55. The fourth-order valence-corrected chi connectivity index (χ4v) is 4.87. The average Bonchev–Trinajstić information content (AvgIpc) is 3.44. The molecule has 5 rings (SSSR count). The van der Waals surface area contributed by atoms with Gasteiger partial charge >= 0.3 is 0 Å². The van der Waals surface area contributed by atoms with Crippen LogP contribution in [0.25, 0.3) is 11.3 Å². The molecule has 6 heteroatoms. The number of carbonyl (C=O) groups excluding carboxylic acids is 2. The summed E-state index contributed by atoms with van der Waals surface area (Å²) in [4.78, 5) is 34.5. The Kier molecular flexibility index (Phi) is 6.19. The molecule has 2 heterocycles. The third kappa shape index (κ3) is 4.23. The molecule has 0 bridgehead atoms. The van der Waals surface area contributed by atoms with Crippen molar-refractivity contribution in [2.75, 3.05) is 9.80 Å². The normalized spacial score (nSPS) is 17.0. The van der Waals surface area contributed by atoms with Crippen molar-refractivity contribution in [2.45, 2.75) is 38.8 Å². The number of hydrogen-bond donors (Lipinski definition) is 0. The molecular weight excluding hydrogens is 438 g/mol. The van der Waals surface area contributed by atoms with E-state index >= 15 is 0 Å². The summed E-state index contributed by atoms with van der Waals surface area (Å²) < 4.78 is 5.36. The van der Waals surface area contributed by atoms with Gasteiger partial charge in [-0.25, -0.2) is 4.98 Å². The first-order chi connectivity index (χ1) is 17.1. The summed E-state index contributed by atoms with van der Waals surface area (Å²) in [6, 6.07) is 24.8. The van der Waals surface area contributed by atoms with Crippen LogP contribution in [0.4, 0.5) is 11.4 Å². The van der Waals surface area contributed by atoms with Crippen LogP contribution in [0.5, 0.6) is 0 Å². The summed E-state index contributed by atoms with van der Waals surface area (Å²) in [6.45, 7) is 3.93. The van der Waals surface area contributed by atoms with Gasteiger partial charge in [-0.15, -0.1) is 0 Å². The highest BCUT2D eigenvalue weighted by atomic mass is 16.3. The second-order valence-corrected chi connectivity index (χ2v) is 8.73. The van der Waals surface area contributed by atoms with Crippen LogP contribution in [-0.4, -0.2) is 22.8 Å². The Labute approximate surface area is 204 Å². The molecule has 1 aliphatic heterocycles. The Balaban J connectivity index is 1.51. The molecular formula is C29H27N3O3. The van der Waals surface area contributed by atoms with Gasteiger partial charge in [0, 0.05) is 35.0 Å². The SMILES string of the molecule is CCC(=O)N(c1ccccc1)[C@H]1C[C@@H](C)N(C(=O)c2ccc(-c3cnco3)cc2)c2ccccc21. The van der Waals surface area contributed by atoms with Gasteiger partial charge in [-0.05, 0) is 49.2 Å². The maximum atomic E-state index is 13.7. The minimum atomic E-state index is -0.158. The van der Waals surface area contributed by atoms with Crippen LogP contribution in [-0.2, 0) is 4.79 Å². The van der Waals surface area contributed by atoms with Gasteiger partial charge in [0.05, 0.1) is 12.2 Å². The zero-order valence-electron chi connectivity index (χ0n) is 19.8. The second-order valence-electron chi connectivity index (χ2n) is 8.73.